The molecule has 0 N–H and O–H groups in total. The van der Waals surface area contributed by atoms with Crippen LogP contribution in [0, 0.1) is 31.6 Å². The van der Waals surface area contributed by atoms with E-state index in [0.29, 0.717) is 16.7 Å². The van der Waals surface area contributed by atoms with Gasteiger partial charge in [-0.1, -0.05) is 97.3 Å². The van der Waals surface area contributed by atoms with Gasteiger partial charge in [-0.3, -0.25) is 14.5 Å². The fraction of sp³-hybridized carbons (Fsp3) is 0.370. The Balaban J connectivity index is 0.000000343. The summed E-state index contributed by atoms with van der Waals surface area (Å²) in [4.78, 5) is 35.6. The van der Waals surface area contributed by atoms with Gasteiger partial charge < -0.3 is 0 Å². The highest BCUT2D eigenvalue weighted by atomic mass is 32.2. The first-order valence-corrected chi connectivity index (χ1v) is 12.7. The van der Waals surface area contributed by atoms with Crippen molar-refractivity contribution in [2.75, 3.05) is 6.54 Å². The van der Waals surface area contributed by atoms with Gasteiger partial charge in [0.05, 0.1) is 4.91 Å². The molecule has 2 fully saturated rings. The fourth-order valence-electron chi connectivity index (χ4n) is 4.51. The van der Waals surface area contributed by atoms with Crippen molar-refractivity contribution >= 4 is 46.2 Å². The van der Waals surface area contributed by atoms with Gasteiger partial charge in [0, 0.05) is 5.18 Å². The number of hydrogen-bond acceptors (Lipinski definition) is 5. The first-order valence-electron chi connectivity index (χ1n) is 11.4. The van der Waals surface area contributed by atoms with E-state index in [1.165, 1.54) is 41.5 Å². The number of thiocarbonyl (C=S) groups is 1. The van der Waals surface area contributed by atoms with Gasteiger partial charge in [-0.25, -0.2) is 0 Å². The standard InChI is InChI=1S/C19H20N2O3S2.C8H10/c1-11-4-3-5-14(11)15-8-13(7-6-12(15)2)9-16-18(23)21(19(25)26-16)10-17(22)20-24;1-7-4-3-5-8(2)6-7/h6-9,11,14H,3-5,10H2,1-2H3;3-6H,1-2H3/b16-9+;. The van der Waals surface area contributed by atoms with E-state index in [0.717, 1.165) is 22.2 Å². The van der Waals surface area contributed by atoms with Crippen LogP contribution in [0.25, 0.3) is 6.08 Å². The molecule has 2 aromatic rings. The molecule has 1 aliphatic heterocycles. The Morgan fingerprint density at radius 3 is 2.41 bits per heavy atom. The second-order valence-corrected chi connectivity index (χ2v) is 10.7. The average Bonchev–Trinajstić information content (AvgIpc) is 3.33. The van der Waals surface area contributed by atoms with Crippen molar-refractivity contribution in [2.45, 2.75) is 52.9 Å². The number of benzene rings is 2. The Bertz CT molecular complexity index is 1130. The average molecular weight is 495 g/mol. The summed E-state index contributed by atoms with van der Waals surface area (Å²) in [5.74, 6) is -0.0260. The van der Waals surface area contributed by atoms with Crippen LogP contribution in [-0.2, 0) is 9.59 Å². The zero-order valence-corrected chi connectivity index (χ0v) is 21.7. The zero-order chi connectivity index (χ0) is 24.8. The predicted octanol–water partition coefficient (Wildman–Crippen LogP) is 6.70. The highest BCUT2D eigenvalue weighted by Gasteiger charge is 2.33. The number of thioether (sulfide) groups is 1. The Hall–Kier alpha value is -2.64. The molecule has 2 aromatic carbocycles. The Labute approximate surface area is 211 Å². The van der Waals surface area contributed by atoms with Gasteiger partial charge in [0.15, 0.2) is 0 Å². The van der Waals surface area contributed by atoms with Crippen molar-refractivity contribution in [2.24, 2.45) is 11.1 Å². The summed E-state index contributed by atoms with van der Waals surface area (Å²) >= 11 is 6.30. The Morgan fingerprint density at radius 2 is 1.85 bits per heavy atom. The van der Waals surface area contributed by atoms with E-state index in [1.807, 2.05) is 6.07 Å². The normalized spacial score (nSPS) is 20.9. The van der Waals surface area contributed by atoms with E-state index in [-0.39, 0.29) is 10.2 Å². The van der Waals surface area contributed by atoms with Crippen LogP contribution in [0.4, 0.5) is 0 Å². The molecule has 1 heterocycles. The molecule has 0 radical (unpaired) electrons. The number of rotatable bonds is 4. The fourth-order valence-corrected chi connectivity index (χ4v) is 5.77. The van der Waals surface area contributed by atoms with Gasteiger partial charge in [-0.15, -0.1) is 4.91 Å². The number of carbonyl (C=O) groups is 2. The molecule has 7 heteroatoms. The van der Waals surface area contributed by atoms with Crippen LogP contribution in [-0.4, -0.2) is 27.6 Å². The quantitative estimate of drug-likeness (QED) is 0.269. The number of hydrogen-bond donors (Lipinski definition) is 0. The van der Waals surface area contributed by atoms with Gasteiger partial charge in [-0.2, -0.15) is 0 Å². The number of carbonyl (C=O) groups excluding carboxylic acids is 2. The van der Waals surface area contributed by atoms with E-state index in [9.17, 15) is 14.5 Å². The maximum absolute atomic E-state index is 12.5. The van der Waals surface area contributed by atoms with E-state index in [1.54, 1.807) is 6.08 Å². The molecule has 1 saturated carbocycles. The first kappa shape index (κ1) is 26.0. The van der Waals surface area contributed by atoms with Crippen LogP contribution in [0.15, 0.2) is 52.5 Å². The van der Waals surface area contributed by atoms with E-state index >= 15 is 0 Å². The topological polar surface area (TPSA) is 66.8 Å². The summed E-state index contributed by atoms with van der Waals surface area (Å²) in [7, 11) is 0. The van der Waals surface area contributed by atoms with Crippen LogP contribution in [0.1, 0.15) is 59.9 Å². The van der Waals surface area contributed by atoms with Crippen molar-refractivity contribution in [3.8, 4) is 0 Å². The summed E-state index contributed by atoms with van der Waals surface area (Å²) in [6, 6.07) is 14.7. The number of amides is 2. The van der Waals surface area contributed by atoms with Crippen molar-refractivity contribution in [1.29, 1.82) is 0 Å². The minimum atomic E-state index is -0.907. The molecule has 34 heavy (non-hydrogen) atoms. The lowest BCUT2D eigenvalue weighted by atomic mass is 9.86. The molecule has 2 atom stereocenters. The maximum atomic E-state index is 12.5. The van der Waals surface area contributed by atoms with Gasteiger partial charge >= 0.3 is 5.91 Å². The molecule has 2 amide bonds. The third-order valence-electron chi connectivity index (χ3n) is 6.30. The number of aryl methyl sites for hydroxylation is 3. The molecule has 1 saturated heterocycles. The molecule has 2 unspecified atom stereocenters. The van der Waals surface area contributed by atoms with Crippen molar-refractivity contribution < 1.29 is 9.59 Å². The van der Waals surface area contributed by atoms with Gasteiger partial charge in [0.2, 0.25) is 0 Å². The van der Waals surface area contributed by atoms with Crippen molar-refractivity contribution in [3.63, 3.8) is 0 Å². The van der Waals surface area contributed by atoms with Gasteiger partial charge in [0.1, 0.15) is 10.9 Å². The largest absolute Gasteiger partial charge is 0.306 e. The van der Waals surface area contributed by atoms with E-state index < -0.39 is 12.5 Å². The molecular weight excluding hydrogens is 464 g/mol. The molecule has 4 rings (SSSR count). The van der Waals surface area contributed by atoms with Crippen LogP contribution >= 0.6 is 24.0 Å². The highest BCUT2D eigenvalue weighted by molar-refractivity contribution is 8.26. The van der Waals surface area contributed by atoms with Crippen molar-refractivity contribution in [1.82, 2.24) is 4.90 Å². The second kappa shape index (κ2) is 11.7. The molecule has 0 aromatic heterocycles. The van der Waals surface area contributed by atoms with E-state index in [4.69, 9.17) is 12.2 Å². The minimum absolute atomic E-state index is 0.273. The lowest BCUT2D eigenvalue weighted by Gasteiger charge is -2.19. The lowest BCUT2D eigenvalue weighted by molar-refractivity contribution is -0.127. The molecular formula is C27H30N2O3S2. The first-order chi connectivity index (χ1) is 16.2. The van der Waals surface area contributed by atoms with Crippen LogP contribution in [0.5, 0.6) is 0 Å². The van der Waals surface area contributed by atoms with Crippen molar-refractivity contribution in [3.05, 3.63) is 80.1 Å². The maximum Gasteiger partial charge on any atom is 0.306 e. The summed E-state index contributed by atoms with van der Waals surface area (Å²) in [5.41, 5.74) is 6.25. The smallest absolute Gasteiger partial charge is 0.283 e. The summed E-state index contributed by atoms with van der Waals surface area (Å²) in [6.45, 7) is 8.24. The summed E-state index contributed by atoms with van der Waals surface area (Å²) < 4.78 is 0.273. The summed E-state index contributed by atoms with van der Waals surface area (Å²) in [6.07, 6.45) is 5.52. The minimum Gasteiger partial charge on any atom is -0.283 e. The Kier molecular flexibility index (Phi) is 8.91. The predicted molar refractivity (Wildman–Crippen MR) is 144 cm³/mol. The molecule has 0 bridgehead atoms. The number of nitroso groups, excluding NO2 is 1. The molecule has 178 valence electrons. The lowest BCUT2D eigenvalue weighted by Crippen LogP contribution is -2.32. The van der Waals surface area contributed by atoms with Crippen LogP contribution < -0.4 is 0 Å². The molecule has 5 nitrogen and oxygen atoms in total. The Morgan fingerprint density at radius 1 is 1.15 bits per heavy atom. The van der Waals surface area contributed by atoms with E-state index in [2.05, 4.69) is 69.3 Å². The van der Waals surface area contributed by atoms with Gasteiger partial charge in [-0.05, 0) is 61.8 Å². The SMILES string of the molecule is Cc1ccc(/C=C2/SC(=S)N(CC(=O)N=O)C2=O)cc1C1CCCC1C.Cc1cccc(C)c1. The molecule has 1 aliphatic carbocycles. The second-order valence-electron chi connectivity index (χ2n) is 9.04. The third-order valence-corrected chi connectivity index (χ3v) is 7.68. The number of nitrogens with zero attached hydrogens (tertiary/aromatic N) is 2. The zero-order valence-electron chi connectivity index (χ0n) is 20.0. The molecule has 0 spiro atoms. The van der Waals surface area contributed by atoms with Crippen LogP contribution in [0.2, 0.25) is 0 Å². The third kappa shape index (κ3) is 6.48. The highest BCUT2D eigenvalue weighted by Crippen LogP contribution is 2.41. The van der Waals surface area contributed by atoms with Gasteiger partial charge in [0.25, 0.3) is 5.91 Å². The molecule has 2 aliphatic rings. The summed E-state index contributed by atoms with van der Waals surface area (Å²) in [5, 5.41) is 2.33. The van der Waals surface area contributed by atoms with Crippen LogP contribution in [0.3, 0.4) is 0 Å². The monoisotopic (exact) mass is 494 g/mol.